The van der Waals surface area contributed by atoms with Crippen LogP contribution in [0.25, 0.3) is 0 Å². The fourth-order valence-corrected chi connectivity index (χ4v) is 3.41. The summed E-state index contributed by atoms with van der Waals surface area (Å²) in [4.78, 5) is 28.7. The largest absolute Gasteiger partial charge is 0.341 e. The molecule has 2 heterocycles. The molecule has 0 spiro atoms. The number of likely N-dealkylation sites (tertiary alicyclic amines) is 2. The van der Waals surface area contributed by atoms with E-state index in [0.717, 1.165) is 18.4 Å². The molecular weight excluding hydrogens is 290 g/mol. The average molecular weight is 315 g/mol. The topological polar surface area (TPSA) is 66.6 Å². The Labute approximate surface area is 137 Å². The van der Waals surface area contributed by atoms with Crippen LogP contribution in [0.1, 0.15) is 36.8 Å². The van der Waals surface area contributed by atoms with Gasteiger partial charge in [0.05, 0.1) is 0 Å². The highest BCUT2D eigenvalue weighted by Gasteiger charge is 2.38. The summed E-state index contributed by atoms with van der Waals surface area (Å²) >= 11 is 0. The lowest BCUT2D eigenvalue weighted by Gasteiger charge is -2.34. The molecule has 1 atom stereocenters. The van der Waals surface area contributed by atoms with Crippen molar-refractivity contribution in [3.05, 3.63) is 35.4 Å². The van der Waals surface area contributed by atoms with Gasteiger partial charge < -0.3 is 15.5 Å². The second kappa shape index (κ2) is 6.71. The number of nitrogens with two attached hydrogens (primary N) is 1. The van der Waals surface area contributed by atoms with E-state index in [1.165, 1.54) is 5.56 Å². The van der Waals surface area contributed by atoms with Crippen molar-refractivity contribution >= 4 is 11.8 Å². The molecule has 5 heteroatoms. The van der Waals surface area contributed by atoms with Gasteiger partial charge in [-0.25, -0.2) is 0 Å². The second-order valence-corrected chi connectivity index (χ2v) is 6.72. The number of carbonyl (C=O) groups excluding carboxylic acids is 2. The van der Waals surface area contributed by atoms with Crippen LogP contribution in [0.3, 0.4) is 0 Å². The third-order valence-electron chi connectivity index (χ3n) is 4.94. The van der Waals surface area contributed by atoms with Gasteiger partial charge in [0.15, 0.2) is 0 Å². The van der Waals surface area contributed by atoms with E-state index in [2.05, 4.69) is 0 Å². The maximum Gasteiger partial charge on any atom is 0.245 e. The number of hydrogen-bond acceptors (Lipinski definition) is 3. The molecule has 124 valence electrons. The van der Waals surface area contributed by atoms with E-state index >= 15 is 0 Å². The van der Waals surface area contributed by atoms with Gasteiger partial charge in [-0.3, -0.25) is 9.59 Å². The number of carbonyl (C=O) groups is 2. The van der Waals surface area contributed by atoms with Gasteiger partial charge in [0.1, 0.15) is 6.04 Å². The minimum atomic E-state index is -0.307. The van der Waals surface area contributed by atoms with Crippen molar-refractivity contribution < 1.29 is 9.59 Å². The van der Waals surface area contributed by atoms with Crippen LogP contribution in [0.5, 0.6) is 0 Å². The third-order valence-corrected chi connectivity index (χ3v) is 4.94. The van der Waals surface area contributed by atoms with Crippen molar-refractivity contribution in [2.24, 2.45) is 5.73 Å². The summed E-state index contributed by atoms with van der Waals surface area (Å²) in [5.74, 6) is 0.174. The van der Waals surface area contributed by atoms with Gasteiger partial charge in [-0.15, -0.1) is 0 Å². The van der Waals surface area contributed by atoms with E-state index < -0.39 is 0 Å². The molecule has 0 aliphatic carbocycles. The van der Waals surface area contributed by atoms with Crippen molar-refractivity contribution in [2.45, 2.75) is 51.2 Å². The zero-order valence-corrected chi connectivity index (χ0v) is 13.7. The predicted octanol–water partition coefficient (Wildman–Crippen LogP) is 1.44. The van der Waals surface area contributed by atoms with Gasteiger partial charge in [0.25, 0.3) is 0 Å². The molecular formula is C18H25N3O2. The van der Waals surface area contributed by atoms with E-state index in [9.17, 15) is 9.59 Å². The fraction of sp³-hybridized carbons (Fsp3) is 0.556. The highest BCUT2D eigenvalue weighted by molar-refractivity contribution is 5.91. The van der Waals surface area contributed by atoms with Crippen LogP contribution in [0.2, 0.25) is 0 Å². The first-order valence-corrected chi connectivity index (χ1v) is 8.44. The van der Waals surface area contributed by atoms with E-state index in [0.29, 0.717) is 32.5 Å². The molecule has 0 bridgehead atoms. The van der Waals surface area contributed by atoms with E-state index in [4.69, 9.17) is 5.73 Å². The predicted molar refractivity (Wildman–Crippen MR) is 88.5 cm³/mol. The molecule has 1 aromatic carbocycles. The molecule has 3 rings (SSSR count). The Morgan fingerprint density at radius 1 is 1.17 bits per heavy atom. The number of aryl methyl sites for hydroxylation is 1. The summed E-state index contributed by atoms with van der Waals surface area (Å²) in [6.07, 6.45) is 2.80. The normalized spacial score (nSPS) is 22.7. The molecule has 2 amide bonds. The Kier molecular flexibility index (Phi) is 4.66. The minimum absolute atomic E-state index is 0.0811. The molecule has 1 aromatic rings. The van der Waals surface area contributed by atoms with E-state index in [-0.39, 0.29) is 23.9 Å². The number of benzene rings is 1. The lowest BCUT2D eigenvalue weighted by Crippen LogP contribution is -2.50. The lowest BCUT2D eigenvalue weighted by molar-refractivity contribution is -0.142. The maximum atomic E-state index is 12.8. The number of rotatable bonds is 3. The van der Waals surface area contributed by atoms with Crippen LogP contribution in [0.15, 0.2) is 24.3 Å². The zero-order valence-electron chi connectivity index (χ0n) is 13.7. The van der Waals surface area contributed by atoms with Gasteiger partial charge in [-0.2, -0.15) is 0 Å². The van der Waals surface area contributed by atoms with Crippen LogP contribution in [-0.2, 0) is 16.1 Å². The first kappa shape index (κ1) is 16.0. The van der Waals surface area contributed by atoms with Gasteiger partial charge in [-0.1, -0.05) is 29.8 Å². The zero-order chi connectivity index (χ0) is 16.4. The highest BCUT2D eigenvalue weighted by atomic mass is 16.2. The molecule has 1 unspecified atom stereocenters. The number of hydrogen-bond donors (Lipinski definition) is 1. The molecule has 2 fully saturated rings. The summed E-state index contributed by atoms with van der Waals surface area (Å²) in [7, 11) is 0. The van der Waals surface area contributed by atoms with Gasteiger partial charge in [-0.05, 0) is 31.7 Å². The van der Waals surface area contributed by atoms with Crippen LogP contribution >= 0.6 is 0 Å². The third kappa shape index (κ3) is 3.55. The number of piperidine rings is 1. The van der Waals surface area contributed by atoms with Crippen molar-refractivity contribution in [1.29, 1.82) is 0 Å². The van der Waals surface area contributed by atoms with E-state index in [1.807, 2.05) is 36.1 Å². The van der Waals surface area contributed by atoms with Crippen LogP contribution in [0, 0.1) is 6.92 Å². The molecule has 2 aliphatic heterocycles. The summed E-state index contributed by atoms with van der Waals surface area (Å²) < 4.78 is 0. The Morgan fingerprint density at radius 2 is 1.83 bits per heavy atom. The first-order chi connectivity index (χ1) is 11.0. The van der Waals surface area contributed by atoms with Gasteiger partial charge >= 0.3 is 0 Å². The van der Waals surface area contributed by atoms with Crippen LogP contribution in [-0.4, -0.2) is 46.8 Å². The van der Waals surface area contributed by atoms with Gasteiger partial charge in [0, 0.05) is 32.1 Å². The second-order valence-electron chi connectivity index (χ2n) is 6.72. The Balaban J connectivity index is 1.69. The minimum Gasteiger partial charge on any atom is -0.341 e. The molecule has 0 aromatic heterocycles. The fourth-order valence-electron chi connectivity index (χ4n) is 3.41. The molecule has 2 saturated heterocycles. The lowest BCUT2D eigenvalue weighted by atomic mass is 10.0. The summed E-state index contributed by atoms with van der Waals surface area (Å²) in [6, 6.07) is 8.04. The maximum absolute atomic E-state index is 12.8. The summed E-state index contributed by atoms with van der Waals surface area (Å²) in [5.41, 5.74) is 8.18. The van der Waals surface area contributed by atoms with Gasteiger partial charge in [0.2, 0.25) is 11.8 Å². The molecule has 2 aliphatic rings. The summed E-state index contributed by atoms with van der Waals surface area (Å²) in [5, 5.41) is 0. The standard InChI is InChI=1S/C18H25N3O2/c1-13-2-4-14(5-3-13)12-21-16(6-7-17(21)22)18(23)20-10-8-15(19)9-11-20/h2-5,15-16H,6-12,19H2,1H3. The SMILES string of the molecule is Cc1ccc(CN2C(=O)CCC2C(=O)N2CCC(N)CC2)cc1. The van der Waals surface area contributed by atoms with E-state index in [1.54, 1.807) is 4.90 Å². The van der Waals surface area contributed by atoms with Crippen molar-refractivity contribution in [1.82, 2.24) is 9.80 Å². The van der Waals surface area contributed by atoms with Crippen molar-refractivity contribution in [2.75, 3.05) is 13.1 Å². The number of amides is 2. The Hall–Kier alpha value is -1.88. The number of nitrogens with zero attached hydrogens (tertiary/aromatic N) is 2. The van der Waals surface area contributed by atoms with Crippen LogP contribution < -0.4 is 5.73 Å². The molecule has 5 nitrogen and oxygen atoms in total. The Morgan fingerprint density at radius 3 is 2.48 bits per heavy atom. The van der Waals surface area contributed by atoms with Crippen molar-refractivity contribution in [3.8, 4) is 0 Å². The Bertz CT molecular complexity index is 576. The first-order valence-electron chi connectivity index (χ1n) is 8.44. The quantitative estimate of drug-likeness (QED) is 0.918. The summed E-state index contributed by atoms with van der Waals surface area (Å²) in [6.45, 7) is 3.98. The monoisotopic (exact) mass is 315 g/mol. The molecule has 0 radical (unpaired) electrons. The molecule has 23 heavy (non-hydrogen) atoms. The van der Waals surface area contributed by atoms with Crippen LogP contribution in [0.4, 0.5) is 0 Å². The molecule has 2 N–H and O–H groups in total. The van der Waals surface area contributed by atoms with Crippen molar-refractivity contribution in [3.63, 3.8) is 0 Å². The average Bonchev–Trinajstić information content (AvgIpc) is 2.91. The highest BCUT2D eigenvalue weighted by Crippen LogP contribution is 2.24. The smallest absolute Gasteiger partial charge is 0.245 e. The molecule has 0 saturated carbocycles.